The molecule has 0 spiro atoms. The van der Waals surface area contributed by atoms with Gasteiger partial charge < -0.3 is 34.6 Å². The Balaban J connectivity index is 1.44. The van der Waals surface area contributed by atoms with Gasteiger partial charge >= 0.3 is 0 Å². The smallest absolute Gasteiger partial charge is 0.243 e. The molecule has 11 nitrogen and oxygen atoms in total. The molecule has 2 saturated heterocycles. The number of rotatable bonds is 9. The number of benzene rings is 1. The third kappa shape index (κ3) is 5.92. The summed E-state index contributed by atoms with van der Waals surface area (Å²) in [5.41, 5.74) is 3.10. The van der Waals surface area contributed by atoms with Gasteiger partial charge in [-0.15, -0.1) is 0 Å². The van der Waals surface area contributed by atoms with E-state index in [1.54, 1.807) is 18.3 Å². The molecule has 2 unspecified atom stereocenters. The standard InChI is InChI=1S/C29H40FN9O2/c1-7-25(40)32-23-16-38(15-21(23)30)29-34-27(26-28(35-29)39(17-31-26)18(2)3)33-22-9-8-20(14-24(22)41-6)37-12-10-19(11-13-37)36(4)5/h7-9,14,17-19,21,23H,1,10-13,15-16H2,2-6H3,(H,32,40)(H,33,34,35). The van der Waals surface area contributed by atoms with Gasteiger partial charge in [-0.1, -0.05) is 6.58 Å². The van der Waals surface area contributed by atoms with Crippen LogP contribution in [0.4, 0.5) is 27.5 Å². The monoisotopic (exact) mass is 565 g/mol. The van der Waals surface area contributed by atoms with Gasteiger partial charge in [0.2, 0.25) is 11.9 Å². The number of nitrogens with zero attached hydrogens (tertiary/aromatic N) is 7. The van der Waals surface area contributed by atoms with E-state index in [9.17, 15) is 9.18 Å². The number of hydrogen-bond donors (Lipinski definition) is 2. The van der Waals surface area contributed by atoms with Gasteiger partial charge in [0, 0.05) is 43.5 Å². The molecule has 2 aliphatic heterocycles. The minimum atomic E-state index is -1.26. The summed E-state index contributed by atoms with van der Waals surface area (Å²) >= 11 is 0. The van der Waals surface area contributed by atoms with Crippen molar-refractivity contribution in [2.45, 2.75) is 51.0 Å². The lowest BCUT2D eigenvalue weighted by Gasteiger charge is -2.36. The van der Waals surface area contributed by atoms with Gasteiger partial charge in [0.15, 0.2) is 17.0 Å². The molecule has 0 aliphatic carbocycles. The minimum Gasteiger partial charge on any atom is -0.494 e. The fraction of sp³-hybridized carbons (Fsp3) is 0.517. The van der Waals surface area contributed by atoms with Gasteiger partial charge in [0.05, 0.1) is 31.7 Å². The maximum absolute atomic E-state index is 14.9. The summed E-state index contributed by atoms with van der Waals surface area (Å²) in [7, 11) is 5.94. The average molecular weight is 566 g/mol. The lowest BCUT2D eigenvalue weighted by Crippen LogP contribution is -2.41. The number of piperidine rings is 1. The highest BCUT2D eigenvalue weighted by Crippen LogP contribution is 2.35. The molecule has 5 rings (SSSR count). The number of ether oxygens (including phenoxy) is 1. The zero-order valence-electron chi connectivity index (χ0n) is 24.5. The van der Waals surface area contributed by atoms with Crippen molar-refractivity contribution >= 4 is 40.2 Å². The molecule has 2 atom stereocenters. The number of amides is 1. The summed E-state index contributed by atoms with van der Waals surface area (Å²) in [4.78, 5) is 32.4. The second-order valence-electron chi connectivity index (χ2n) is 11.2. The summed E-state index contributed by atoms with van der Waals surface area (Å²) < 4.78 is 22.6. The number of halogens is 1. The van der Waals surface area contributed by atoms with E-state index in [1.165, 1.54) is 0 Å². The first kappa shape index (κ1) is 28.6. The van der Waals surface area contributed by atoms with Crippen LogP contribution in [-0.2, 0) is 4.79 Å². The molecule has 0 bridgehead atoms. The van der Waals surface area contributed by atoms with Crippen molar-refractivity contribution in [3.8, 4) is 5.75 Å². The molecule has 1 amide bonds. The molecule has 41 heavy (non-hydrogen) atoms. The van der Waals surface area contributed by atoms with Crippen molar-refractivity contribution in [1.29, 1.82) is 0 Å². The van der Waals surface area contributed by atoms with Gasteiger partial charge in [0.1, 0.15) is 11.9 Å². The normalized spacial score (nSPS) is 19.8. The number of carbonyl (C=O) groups is 1. The Hall–Kier alpha value is -3.93. The molecule has 1 aromatic carbocycles. The Morgan fingerprint density at radius 1 is 1.20 bits per heavy atom. The van der Waals surface area contributed by atoms with Crippen LogP contribution < -0.4 is 25.2 Å². The Kier molecular flexibility index (Phi) is 8.30. The van der Waals surface area contributed by atoms with Crippen molar-refractivity contribution in [2.24, 2.45) is 0 Å². The van der Waals surface area contributed by atoms with Gasteiger partial charge in [0.25, 0.3) is 0 Å². The van der Waals surface area contributed by atoms with Gasteiger partial charge in [-0.3, -0.25) is 4.79 Å². The Labute approximate surface area is 240 Å². The van der Waals surface area contributed by atoms with E-state index in [1.807, 2.05) is 30.5 Å². The Bertz CT molecular complexity index is 1400. The lowest BCUT2D eigenvalue weighted by atomic mass is 10.0. The van der Waals surface area contributed by atoms with Crippen molar-refractivity contribution in [2.75, 3.05) is 62.5 Å². The van der Waals surface area contributed by atoms with Crippen molar-refractivity contribution in [3.05, 3.63) is 37.2 Å². The third-order valence-corrected chi connectivity index (χ3v) is 8.01. The number of methoxy groups -OCH3 is 1. The fourth-order valence-corrected chi connectivity index (χ4v) is 5.56. The van der Waals surface area contributed by atoms with E-state index in [2.05, 4.69) is 52.2 Å². The predicted octanol–water partition coefficient (Wildman–Crippen LogP) is 3.52. The molecule has 12 heteroatoms. The molecule has 2 fully saturated rings. The second kappa shape index (κ2) is 11.9. The SMILES string of the molecule is C=CC(=O)NC1CN(c2nc(Nc3ccc(N4CCC(N(C)C)CC4)cc3OC)c3ncn(C(C)C)c3n2)CC1F. The first-order chi connectivity index (χ1) is 19.7. The van der Waals surface area contributed by atoms with E-state index < -0.39 is 18.1 Å². The highest BCUT2D eigenvalue weighted by Gasteiger charge is 2.35. The van der Waals surface area contributed by atoms with Crippen LogP contribution in [0.3, 0.4) is 0 Å². The van der Waals surface area contributed by atoms with Crippen LogP contribution in [0, 0.1) is 0 Å². The molecule has 220 valence electrons. The molecule has 0 saturated carbocycles. The number of aromatic nitrogens is 4. The summed E-state index contributed by atoms with van der Waals surface area (Å²) in [5.74, 6) is 1.13. The number of imidazole rings is 1. The number of carbonyl (C=O) groups excluding carboxylic acids is 1. The van der Waals surface area contributed by atoms with Crippen molar-refractivity contribution < 1.29 is 13.9 Å². The van der Waals surface area contributed by atoms with Crippen LogP contribution in [-0.4, -0.2) is 96.0 Å². The van der Waals surface area contributed by atoms with E-state index in [0.717, 1.165) is 43.4 Å². The molecular weight excluding hydrogens is 525 g/mol. The van der Waals surface area contributed by atoms with Gasteiger partial charge in [-0.05, 0) is 59.0 Å². The van der Waals surface area contributed by atoms with Gasteiger partial charge in [-0.25, -0.2) is 9.37 Å². The van der Waals surface area contributed by atoms with E-state index in [-0.39, 0.29) is 19.1 Å². The molecule has 4 heterocycles. The second-order valence-corrected chi connectivity index (χ2v) is 11.2. The number of nitrogens with one attached hydrogen (secondary N) is 2. The largest absolute Gasteiger partial charge is 0.494 e. The highest BCUT2D eigenvalue weighted by atomic mass is 19.1. The number of alkyl halides is 1. The molecule has 2 aliphatic rings. The van der Waals surface area contributed by atoms with Gasteiger partial charge in [-0.2, -0.15) is 9.97 Å². The topological polar surface area (TPSA) is 104 Å². The van der Waals surface area contributed by atoms with E-state index >= 15 is 0 Å². The summed E-state index contributed by atoms with van der Waals surface area (Å²) in [5, 5.41) is 6.08. The fourth-order valence-electron chi connectivity index (χ4n) is 5.56. The predicted molar refractivity (Wildman–Crippen MR) is 160 cm³/mol. The first-order valence-corrected chi connectivity index (χ1v) is 14.1. The molecular formula is C29H40FN9O2. The van der Waals surface area contributed by atoms with E-state index in [4.69, 9.17) is 14.7 Å². The van der Waals surface area contributed by atoms with Crippen molar-refractivity contribution in [3.63, 3.8) is 0 Å². The molecule has 2 N–H and O–H groups in total. The maximum Gasteiger partial charge on any atom is 0.243 e. The zero-order chi connectivity index (χ0) is 29.3. The summed E-state index contributed by atoms with van der Waals surface area (Å²) in [6.45, 7) is 9.83. The van der Waals surface area contributed by atoms with Crippen molar-refractivity contribution in [1.82, 2.24) is 29.7 Å². The number of fused-ring (bicyclic) bond motifs is 1. The molecule has 2 aromatic heterocycles. The van der Waals surface area contributed by atoms with Crippen LogP contribution in [0.2, 0.25) is 0 Å². The van der Waals surface area contributed by atoms with Crippen LogP contribution in [0.5, 0.6) is 5.75 Å². The Morgan fingerprint density at radius 2 is 1.95 bits per heavy atom. The maximum atomic E-state index is 14.9. The zero-order valence-corrected chi connectivity index (χ0v) is 24.5. The third-order valence-electron chi connectivity index (χ3n) is 8.01. The molecule has 3 aromatic rings. The lowest BCUT2D eigenvalue weighted by molar-refractivity contribution is -0.117. The minimum absolute atomic E-state index is 0.0609. The molecule has 0 radical (unpaired) electrons. The van der Waals surface area contributed by atoms with Crippen LogP contribution >= 0.6 is 0 Å². The average Bonchev–Trinajstić information content (AvgIpc) is 3.56. The quantitative estimate of drug-likeness (QED) is 0.377. The van der Waals surface area contributed by atoms with Crippen LogP contribution in [0.15, 0.2) is 37.2 Å². The summed E-state index contributed by atoms with van der Waals surface area (Å²) in [6.07, 6.45) is 3.85. The summed E-state index contributed by atoms with van der Waals surface area (Å²) in [6, 6.07) is 6.16. The van der Waals surface area contributed by atoms with E-state index in [0.29, 0.717) is 34.7 Å². The first-order valence-electron chi connectivity index (χ1n) is 14.1. The number of anilines is 4. The number of hydrogen-bond acceptors (Lipinski definition) is 9. The highest BCUT2D eigenvalue weighted by molar-refractivity contribution is 5.88. The van der Waals surface area contributed by atoms with Crippen LogP contribution in [0.1, 0.15) is 32.7 Å². The van der Waals surface area contributed by atoms with Crippen LogP contribution in [0.25, 0.3) is 11.2 Å². The Morgan fingerprint density at radius 3 is 2.61 bits per heavy atom.